The van der Waals surface area contributed by atoms with E-state index in [1.54, 1.807) is 36.4 Å². The third-order valence-corrected chi connectivity index (χ3v) is 3.43. The number of phenolic OH excluding ortho intramolecular Hbond substituents is 1. The minimum absolute atomic E-state index is 0.0479. The molecule has 0 radical (unpaired) electrons. The summed E-state index contributed by atoms with van der Waals surface area (Å²) >= 11 is 5.88. The van der Waals surface area contributed by atoms with E-state index in [1.165, 1.54) is 0 Å². The largest absolute Gasteiger partial charge is 0.507 e. The molecule has 0 aromatic heterocycles. The summed E-state index contributed by atoms with van der Waals surface area (Å²) in [6, 6.07) is 17.7. The summed E-state index contributed by atoms with van der Waals surface area (Å²) in [6.45, 7) is 0. The predicted octanol–water partition coefficient (Wildman–Crippen LogP) is 4.45. The Kier molecular flexibility index (Phi) is 3.50. The van der Waals surface area contributed by atoms with Gasteiger partial charge >= 0.3 is 0 Å². The third kappa shape index (κ3) is 2.83. The molecule has 0 fully saturated rings. The number of carbonyl (C=O) groups is 1. The highest BCUT2D eigenvalue weighted by atomic mass is 35.5. The Morgan fingerprint density at radius 3 is 2.38 bits per heavy atom. The van der Waals surface area contributed by atoms with Crippen LogP contribution in [0.25, 0.3) is 10.8 Å². The molecule has 0 saturated heterocycles. The van der Waals surface area contributed by atoms with Gasteiger partial charge in [0.1, 0.15) is 5.75 Å². The van der Waals surface area contributed by atoms with Crippen LogP contribution in [0.3, 0.4) is 0 Å². The summed E-state index contributed by atoms with van der Waals surface area (Å²) in [4.78, 5) is 12.3. The first-order valence-electron chi connectivity index (χ1n) is 6.42. The summed E-state index contributed by atoms with van der Waals surface area (Å²) in [5, 5.41) is 15.1. The van der Waals surface area contributed by atoms with E-state index in [0.717, 1.165) is 10.8 Å². The second-order valence-corrected chi connectivity index (χ2v) is 5.12. The van der Waals surface area contributed by atoms with Crippen LogP contribution in [0, 0.1) is 0 Å². The van der Waals surface area contributed by atoms with Gasteiger partial charge in [0.25, 0.3) is 5.91 Å². The Bertz CT molecular complexity index is 830. The maximum absolute atomic E-state index is 12.3. The number of nitrogens with one attached hydrogen (secondary N) is 1. The van der Waals surface area contributed by atoms with Crippen LogP contribution in [-0.2, 0) is 0 Å². The molecular formula is C17H12ClNO2. The number of anilines is 1. The summed E-state index contributed by atoms with van der Waals surface area (Å²) in [5.41, 5.74) is 0.814. The van der Waals surface area contributed by atoms with Gasteiger partial charge < -0.3 is 10.4 Å². The summed E-state index contributed by atoms with van der Waals surface area (Å²) < 4.78 is 0. The van der Waals surface area contributed by atoms with E-state index in [-0.39, 0.29) is 17.2 Å². The lowest BCUT2D eigenvalue weighted by Crippen LogP contribution is -2.12. The van der Waals surface area contributed by atoms with Crippen molar-refractivity contribution in [3.8, 4) is 5.75 Å². The second-order valence-electron chi connectivity index (χ2n) is 4.68. The first-order chi connectivity index (χ1) is 10.1. The Balaban J connectivity index is 1.96. The first kappa shape index (κ1) is 13.5. The second kappa shape index (κ2) is 5.46. The molecule has 3 aromatic rings. The fraction of sp³-hybridized carbons (Fsp3) is 0. The van der Waals surface area contributed by atoms with Gasteiger partial charge in [-0.3, -0.25) is 4.79 Å². The highest BCUT2D eigenvalue weighted by molar-refractivity contribution is 6.31. The van der Waals surface area contributed by atoms with E-state index >= 15 is 0 Å². The molecule has 0 heterocycles. The number of benzene rings is 3. The number of halogens is 1. The first-order valence-corrected chi connectivity index (χ1v) is 6.80. The van der Waals surface area contributed by atoms with Gasteiger partial charge in [-0.25, -0.2) is 0 Å². The molecule has 0 atom stereocenters. The minimum Gasteiger partial charge on any atom is -0.507 e. The number of rotatable bonds is 2. The molecule has 2 N–H and O–H groups in total. The molecule has 3 rings (SSSR count). The fourth-order valence-electron chi connectivity index (χ4n) is 2.17. The van der Waals surface area contributed by atoms with E-state index in [4.69, 9.17) is 11.6 Å². The Morgan fingerprint density at radius 1 is 0.952 bits per heavy atom. The topological polar surface area (TPSA) is 49.3 Å². The van der Waals surface area contributed by atoms with Crippen molar-refractivity contribution in [3.63, 3.8) is 0 Å². The Morgan fingerprint density at radius 2 is 1.67 bits per heavy atom. The third-order valence-electron chi connectivity index (χ3n) is 3.19. The molecule has 4 heteroatoms. The van der Waals surface area contributed by atoms with Gasteiger partial charge in [-0.15, -0.1) is 0 Å². The quantitative estimate of drug-likeness (QED) is 0.734. The highest BCUT2D eigenvalue weighted by Crippen LogP contribution is 2.26. The van der Waals surface area contributed by atoms with Crippen molar-refractivity contribution in [2.75, 3.05) is 5.32 Å². The van der Waals surface area contributed by atoms with Crippen molar-refractivity contribution in [2.45, 2.75) is 0 Å². The average molecular weight is 298 g/mol. The van der Waals surface area contributed by atoms with E-state index in [2.05, 4.69) is 5.32 Å². The molecule has 21 heavy (non-hydrogen) atoms. The van der Waals surface area contributed by atoms with Gasteiger partial charge in [0.05, 0.1) is 5.56 Å². The summed E-state index contributed by atoms with van der Waals surface area (Å²) in [7, 11) is 0. The van der Waals surface area contributed by atoms with Crippen molar-refractivity contribution in [2.24, 2.45) is 0 Å². The average Bonchev–Trinajstić information content (AvgIpc) is 2.46. The zero-order valence-corrected chi connectivity index (χ0v) is 11.8. The van der Waals surface area contributed by atoms with Crippen molar-refractivity contribution >= 4 is 34.0 Å². The lowest BCUT2D eigenvalue weighted by molar-refractivity contribution is 0.102. The molecule has 0 aliphatic rings. The number of hydrogen-bond donors (Lipinski definition) is 2. The molecule has 0 aliphatic heterocycles. The lowest BCUT2D eigenvalue weighted by atomic mass is 10.1. The molecule has 0 saturated carbocycles. The highest BCUT2D eigenvalue weighted by Gasteiger charge is 2.12. The van der Waals surface area contributed by atoms with Crippen molar-refractivity contribution in [1.29, 1.82) is 0 Å². The number of carbonyl (C=O) groups excluding carboxylic acids is 1. The molecule has 3 nitrogen and oxygen atoms in total. The van der Waals surface area contributed by atoms with Gasteiger partial charge in [-0.2, -0.15) is 0 Å². The van der Waals surface area contributed by atoms with Gasteiger partial charge in [0.15, 0.2) is 0 Å². The van der Waals surface area contributed by atoms with Gasteiger partial charge in [0.2, 0.25) is 0 Å². The number of fused-ring (bicyclic) bond motifs is 1. The smallest absolute Gasteiger partial charge is 0.259 e. The SMILES string of the molecule is O=C(Nc1cccc(Cl)c1)c1cc2ccccc2cc1O. The van der Waals surface area contributed by atoms with Crippen LogP contribution in [0.2, 0.25) is 5.02 Å². The van der Waals surface area contributed by atoms with Crippen LogP contribution in [0.1, 0.15) is 10.4 Å². The number of amides is 1. The monoisotopic (exact) mass is 297 g/mol. The minimum atomic E-state index is -0.375. The van der Waals surface area contributed by atoms with Crippen LogP contribution >= 0.6 is 11.6 Å². The van der Waals surface area contributed by atoms with E-state index in [9.17, 15) is 9.90 Å². The van der Waals surface area contributed by atoms with E-state index in [1.807, 2.05) is 24.3 Å². The van der Waals surface area contributed by atoms with Crippen LogP contribution in [0.15, 0.2) is 60.7 Å². The number of phenols is 1. The van der Waals surface area contributed by atoms with Crippen molar-refractivity contribution < 1.29 is 9.90 Å². The van der Waals surface area contributed by atoms with Crippen LogP contribution < -0.4 is 5.32 Å². The molecule has 1 amide bonds. The zero-order valence-electron chi connectivity index (χ0n) is 11.0. The number of hydrogen-bond acceptors (Lipinski definition) is 2. The van der Waals surface area contributed by atoms with Gasteiger partial charge in [-0.05, 0) is 41.1 Å². The van der Waals surface area contributed by atoms with Gasteiger partial charge in [-0.1, -0.05) is 41.9 Å². The molecular weight excluding hydrogens is 286 g/mol. The Labute approximate surface area is 126 Å². The van der Waals surface area contributed by atoms with Gasteiger partial charge in [0, 0.05) is 10.7 Å². The van der Waals surface area contributed by atoms with Crippen molar-refractivity contribution in [1.82, 2.24) is 0 Å². The zero-order chi connectivity index (χ0) is 14.8. The number of aromatic hydroxyl groups is 1. The van der Waals surface area contributed by atoms with Crippen LogP contribution in [-0.4, -0.2) is 11.0 Å². The molecule has 3 aromatic carbocycles. The molecule has 104 valence electrons. The molecule has 0 spiro atoms. The Hall–Kier alpha value is -2.52. The van der Waals surface area contributed by atoms with Crippen LogP contribution in [0.5, 0.6) is 5.75 Å². The standard InChI is InChI=1S/C17H12ClNO2/c18-13-6-3-7-14(10-13)19-17(21)15-8-11-4-1-2-5-12(11)9-16(15)20/h1-10,20H,(H,19,21). The lowest BCUT2D eigenvalue weighted by Gasteiger charge is -2.08. The summed E-state index contributed by atoms with van der Waals surface area (Å²) in [5.74, 6) is -0.422. The normalized spacial score (nSPS) is 10.5. The summed E-state index contributed by atoms with van der Waals surface area (Å²) in [6.07, 6.45) is 0. The molecule has 0 bridgehead atoms. The maximum atomic E-state index is 12.3. The van der Waals surface area contributed by atoms with Crippen molar-refractivity contribution in [3.05, 3.63) is 71.2 Å². The predicted molar refractivity (Wildman–Crippen MR) is 85.0 cm³/mol. The fourth-order valence-corrected chi connectivity index (χ4v) is 2.37. The molecule has 0 aliphatic carbocycles. The van der Waals surface area contributed by atoms with E-state index in [0.29, 0.717) is 10.7 Å². The van der Waals surface area contributed by atoms with E-state index < -0.39 is 0 Å². The van der Waals surface area contributed by atoms with Crippen LogP contribution in [0.4, 0.5) is 5.69 Å². The molecule has 0 unspecified atom stereocenters. The maximum Gasteiger partial charge on any atom is 0.259 e.